The summed E-state index contributed by atoms with van der Waals surface area (Å²) in [6.07, 6.45) is 2.10. The molecule has 3 amide bonds. The number of ether oxygens (including phenoxy) is 2. The summed E-state index contributed by atoms with van der Waals surface area (Å²) in [6, 6.07) is -0.696. The highest BCUT2D eigenvalue weighted by Crippen LogP contribution is 2.11. The Balaban J connectivity index is 0.000000185. The predicted molar refractivity (Wildman–Crippen MR) is 81.7 cm³/mol. The summed E-state index contributed by atoms with van der Waals surface area (Å²) in [5, 5.41) is 5.17. The lowest BCUT2D eigenvalue weighted by molar-refractivity contribution is -0.143. The maximum Gasteiger partial charge on any atom is 0.328 e. The third-order valence-corrected chi connectivity index (χ3v) is 4.10. The first kappa shape index (κ1) is 18.2. The van der Waals surface area contributed by atoms with E-state index in [0.717, 1.165) is 0 Å². The van der Waals surface area contributed by atoms with Crippen LogP contribution >= 0.6 is 0 Å². The summed E-state index contributed by atoms with van der Waals surface area (Å²) < 4.78 is 9.58. The van der Waals surface area contributed by atoms with Crippen LogP contribution in [0.1, 0.15) is 25.7 Å². The maximum absolute atomic E-state index is 11.8. The van der Waals surface area contributed by atoms with Crippen molar-refractivity contribution in [2.75, 3.05) is 33.4 Å². The Hall–Kier alpha value is -2.16. The van der Waals surface area contributed by atoms with E-state index in [1.54, 1.807) is 4.90 Å². The number of esters is 1. The molecule has 0 aromatic carbocycles. The summed E-state index contributed by atoms with van der Waals surface area (Å²) in [4.78, 5) is 45.8. The molecule has 0 saturated carbocycles. The Kier molecular flexibility index (Phi) is 6.53. The highest BCUT2D eigenvalue weighted by atomic mass is 16.5. The van der Waals surface area contributed by atoms with Gasteiger partial charge >= 0.3 is 5.97 Å². The van der Waals surface area contributed by atoms with Crippen LogP contribution in [0.4, 0.5) is 0 Å². The molecule has 134 valence electrons. The van der Waals surface area contributed by atoms with Crippen LogP contribution < -0.4 is 10.6 Å². The van der Waals surface area contributed by atoms with Crippen LogP contribution in [0.15, 0.2) is 0 Å². The van der Waals surface area contributed by atoms with Crippen LogP contribution in [-0.4, -0.2) is 74.1 Å². The van der Waals surface area contributed by atoms with Crippen LogP contribution in [0.5, 0.6) is 0 Å². The smallest absolute Gasteiger partial charge is 0.328 e. The van der Waals surface area contributed by atoms with E-state index in [-0.39, 0.29) is 29.7 Å². The van der Waals surface area contributed by atoms with E-state index < -0.39 is 6.04 Å². The standard InChI is InChI=1S/C9H14N2O3.C6H9NO3/c12-8-2-1-7(10-8)9(13)11-3-5-14-6-4-11;1-10-6(9)4-2-3-5(8)7-4/h7H,1-6H2,(H,10,12);4H,2-3H2,1H3,(H,7,8)/t;4-/m.0/s1. The number of rotatable bonds is 2. The third-order valence-electron chi connectivity index (χ3n) is 4.10. The van der Waals surface area contributed by atoms with E-state index in [0.29, 0.717) is 52.0 Å². The molecule has 3 fully saturated rings. The second-order valence-corrected chi connectivity index (χ2v) is 5.78. The van der Waals surface area contributed by atoms with Gasteiger partial charge < -0.3 is 25.0 Å². The zero-order valence-corrected chi connectivity index (χ0v) is 13.7. The molecule has 3 aliphatic heterocycles. The molecule has 1 unspecified atom stereocenters. The number of nitrogens with one attached hydrogen (secondary N) is 2. The molecule has 0 spiro atoms. The SMILES string of the molecule is COC(=O)[C@@H]1CCC(=O)N1.O=C1CCC(C(=O)N2CCOCC2)N1. The molecule has 3 rings (SSSR count). The van der Waals surface area contributed by atoms with Crippen molar-refractivity contribution in [3.05, 3.63) is 0 Å². The van der Waals surface area contributed by atoms with Crippen LogP contribution in [0, 0.1) is 0 Å². The van der Waals surface area contributed by atoms with E-state index in [1.165, 1.54) is 7.11 Å². The number of carbonyl (C=O) groups excluding carboxylic acids is 4. The summed E-state index contributed by atoms with van der Waals surface area (Å²) >= 11 is 0. The summed E-state index contributed by atoms with van der Waals surface area (Å²) in [5.41, 5.74) is 0. The van der Waals surface area contributed by atoms with Gasteiger partial charge in [-0.3, -0.25) is 14.4 Å². The van der Waals surface area contributed by atoms with Crippen molar-refractivity contribution >= 4 is 23.7 Å². The molecular weight excluding hydrogens is 318 g/mol. The van der Waals surface area contributed by atoms with Crippen LogP contribution in [0.2, 0.25) is 0 Å². The Bertz CT molecular complexity index is 503. The highest BCUT2D eigenvalue weighted by molar-refractivity contribution is 5.90. The van der Waals surface area contributed by atoms with Crippen molar-refractivity contribution in [2.45, 2.75) is 37.8 Å². The summed E-state index contributed by atoms with van der Waals surface area (Å²) in [7, 11) is 1.31. The van der Waals surface area contributed by atoms with Crippen molar-refractivity contribution in [3.8, 4) is 0 Å². The maximum atomic E-state index is 11.8. The predicted octanol–water partition coefficient (Wildman–Crippen LogP) is -1.44. The van der Waals surface area contributed by atoms with Crippen molar-refractivity contribution < 1.29 is 28.7 Å². The molecule has 0 radical (unpaired) electrons. The lowest BCUT2D eigenvalue weighted by Gasteiger charge is -2.28. The van der Waals surface area contributed by atoms with E-state index in [2.05, 4.69) is 15.4 Å². The lowest BCUT2D eigenvalue weighted by Crippen LogP contribution is -2.48. The number of methoxy groups -OCH3 is 1. The monoisotopic (exact) mass is 341 g/mol. The number of amides is 3. The average Bonchev–Trinajstić information content (AvgIpc) is 3.23. The van der Waals surface area contributed by atoms with Gasteiger partial charge in [-0.15, -0.1) is 0 Å². The van der Waals surface area contributed by atoms with Gasteiger partial charge in [0.25, 0.3) is 0 Å². The van der Waals surface area contributed by atoms with Gasteiger partial charge in [0, 0.05) is 25.9 Å². The van der Waals surface area contributed by atoms with Gasteiger partial charge in [-0.2, -0.15) is 0 Å². The topological polar surface area (TPSA) is 114 Å². The third kappa shape index (κ3) is 4.92. The molecule has 0 aliphatic carbocycles. The first-order valence-corrected chi connectivity index (χ1v) is 8.04. The average molecular weight is 341 g/mol. The second-order valence-electron chi connectivity index (χ2n) is 5.78. The fraction of sp³-hybridized carbons (Fsp3) is 0.733. The van der Waals surface area contributed by atoms with Gasteiger partial charge in [0.15, 0.2) is 0 Å². The molecular formula is C15H23N3O6. The van der Waals surface area contributed by atoms with Gasteiger partial charge in [0.05, 0.1) is 20.3 Å². The first-order chi connectivity index (χ1) is 11.5. The number of carbonyl (C=O) groups is 4. The van der Waals surface area contributed by atoms with E-state index >= 15 is 0 Å². The van der Waals surface area contributed by atoms with E-state index in [4.69, 9.17) is 4.74 Å². The summed E-state index contributed by atoms with van der Waals surface area (Å²) in [5.74, 6) is -0.406. The van der Waals surface area contributed by atoms with Crippen LogP contribution in [-0.2, 0) is 28.7 Å². The molecule has 0 bridgehead atoms. The van der Waals surface area contributed by atoms with Crippen molar-refractivity contribution in [1.82, 2.24) is 15.5 Å². The van der Waals surface area contributed by atoms with Crippen LogP contribution in [0.3, 0.4) is 0 Å². The minimum Gasteiger partial charge on any atom is -0.467 e. The van der Waals surface area contributed by atoms with Gasteiger partial charge in [0.2, 0.25) is 17.7 Å². The molecule has 9 nitrogen and oxygen atoms in total. The van der Waals surface area contributed by atoms with Crippen molar-refractivity contribution in [2.24, 2.45) is 0 Å². The molecule has 3 aliphatic rings. The molecule has 24 heavy (non-hydrogen) atoms. The Morgan fingerprint density at radius 1 is 1.04 bits per heavy atom. The Morgan fingerprint density at radius 3 is 2.04 bits per heavy atom. The number of hydrogen-bond acceptors (Lipinski definition) is 6. The van der Waals surface area contributed by atoms with Gasteiger partial charge in [-0.25, -0.2) is 4.79 Å². The molecule has 0 aromatic heterocycles. The molecule has 3 saturated heterocycles. The highest BCUT2D eigenvalue weighted by Gasteiger charge is 2.31. The molecule has 2 N–H and O–H groups in total. The largest absolute Gasteiger partial charge is 0.467 e. The summed E-state index contributed by atoms with van der Waals surface area (Å²) in [6.45, 7) is 2.50. The van der Waals surface area contributed by atoms with Crippen molar-refractivity contribution in [3.63, 3.8) is 0 Å². The Morgan fingerprint density at radius 2 is 1.58 bits per heavy atom. The quantitative estimate of drug-likeness (QED) is 0.595. The normalized spacial score (nSPS) is 26.1. The Labute approximate surface area is 140 Å². The minimum absolute atomic E-state index is 0.0170. The van der Waals surface area contributed by atoms with Crippen molar-refractivity contribution in [1.29, 1.82) is 0 Å². The van der Waals surface area contributed by atoms with E-state index in [9.17, 15) is 19.2 Å². The molecule has 3 heterocycles. The van der Waals surface area contributed by atoms with E-state index in [1.807, 2.05) is 0 Å². The van der Waals surface area contributed by atoms with Gasteiger partial charge in [-0.1, -0.05) is 0 Å². The lowest BCUT2D eigenvalue weighted by atomic mass is 10.2. The van der Waals surface area contributed by atoms with Crippen LogP contribution in [0.25, 0.3) is 0 Å². The zero-order chi connectivity index (χ0) is 17.5. The zero-order valence-electron chi connectivity index (χ0n) is 13.7. The van der Waals surface area contributed by atoms with Gasteiger partial charge in [0.1, 0.15) is 12.1 Å². The number of hydrogen-bond donors (Lipinski definition) is 2. The number of morpholine rings is 1. The number of nitrogens with zero attached hydrogens (tertiary/aromatic N) is 1. The molecule has 2 atom stereocenters. The molecule has 9 heteroatoms. The van der Waals surface area contributed by atoms with Gasteiger partial charge in [-0.05, 0) is 12.8 Å². The fourth-order valence-electron chi connectivity index (χ4n) is 2.74. The minimum atomic E-state index is -0.405. The second kappa shape index (κ2) is 8.62. The molecule has 0 aromatic rings. The first-order valence-electron chi connectivity index (χ1n) is 8.04. The fourth-order valence-corrected chi connectivity index (χ4v) is 2.74.